The number of aromatic nitrogens is 2. The van der Waals surface area contributed by atoms with Gasteiger partial charge in [-0.1, -0.05) is 11.6 Å². The Morgan fingerprint density at radius 1 is 1.44 bits per heavy atom. The summed E-state index contributed by atoms with van der Waals surface area (Å²) >= 11 is 6.21. The fourth-order valence-corrected chi connectivity index (χ4v) is 3.00. The minimum Gasteiger partial charge on any atom is -0.330 e. The van der Waals surface area contributed by atoms with E-state index in [1.807, 2.05) is 7.05 Å². The minimum atomic E-state index is 0.694. The molecule has 1 unspecified atom stereocenters. The van der Waals surface area contributed by atoms with Crippen LogP contribution >= 0.6 is 11.6 Å². The summed E-state index contributed by atoms with van der Waals surface area (Å²) < 4.78 is 2.39. The molecule has 4 heteroatoms. The Balaban J connectivity index is 1.89. The van der Waals surface area contributed by atoms with Crippen molar-refractivity contribution in [2.75, 3.05) is 13.6 Å². The lowest BCUT2D eigenvalue weighted by Crippen LogP contribution is -2.28. The van der Waals surface area contributed by atoms with Crippen molar-refractivity contribution in [3.63, 3.8) is 0 Å². The van der Waals surface area contributed by atoms with Crippen molar-refractivity contribution in [2.24, 2.45) is 5.92 Å². The molecule has 1 aromatic heterocycles. The summed E-state index contributed by atoms with van der Waals surface area (Å²) in [5, 5.41) is 4.03. The quantitative estimate of drug-likeness (QED) is 0.877. The molecular weight excluding hydrogens is 222 g/mol. The maximum atomic E-state index is 6.21. The first kappa shape index (κ1) is 10.6. The van der Waals surface area contributed by atoms with Gasteiger partial charge in [-0.2, -0.15) is 0 Å². The van der Waals surface area contributed by atoms with Gasteiger partial charge in [-0.15, -0.1) is 0 Å². The number of imidazole rings is 1. The van der Waals surface area contributed by atoms with Crippen LogP contribution < -0.4 is 5.32 Å². The van der Waals surface area contributed by atoms with Gasteiger partial charge in [0.15, 0.2) is 5.15 Å². The Bertz CT molecular complexity index is 395. The fraction of sp³-hybridized carbons (Fsp3) is 0.750. The van der Waals surface area contributed by atoms with Gasteiger partial charge < -0.3 is 9.88 Å². The number of hydrogen-bond acceptors (Lipinski definition) is 2. The molecule has 0 aromatic carbocycles. The van der Waals surface area contributed by atoms with E-state index in [1.165, 1.54) is 30.8 Å². The van der Waals surface area contributed by atoms with Gasteiger partial charge in [-0.05, 0) is 45.2 Å². The molecule has 2 heterocycles. The number of halogens is 1. The Labute approximate surface area is 101 Å². The van der Waals surface area contributed by atoms with Crippen molar-refractivity contribution in [3.8, 4) is 0 Å². The van der Waals surface area contributed by atoms with Crippen LogP contribution in [0.3, 0.4) is 0 Å². The zero-order chi connectivity index (χ0) is 11.1. The molecule has 88 valence electrons. The molecular formula is C12H18ClN3. The van der Waals surface area contributed by atoms with Crippen molar-refractivity contribution in [3.05, 3.63) is 16.7 Å². The standard InChI is InChI=1S/C12H18ClN3/c1-14-6-8-2-5-10-11(13)15-12(9-3-4-9)16(10)7-8/h8-9,14H,2-7H2,1H3. The predicted octanol–water partition coefficient (Wildman–Crippen LogP) is 2.20. The van der Waals surface area contributed by atoms with Crippen LogP contribution in [0, 0.1) is 5.92 Å². The van der Waals surface area contributed by atoms with Gasteiger partial charge in [-0.25, -0.2) is 4.98 Å². The third kappa shape index (κ3) is 1.76. The zero-order valence-corrected chi connectivity index (χ0v) is 10.4. The molecule has 1 aliphatic heterocycles. The van der Waals surface area contributed by atoms with Gasteiger partial charge in [-0.3, -0.25) is 0 Å². The van der Waals surface area contributed by atoms with Gasteiger partial charge in [0.2, 0.25) is 0 Å². The monoisotopic (exact) mass is 239 g/mol. The second kappa shape index (κ2) is 4.04. The highest BCUT2D eigenvalue weighted by Crippen LogP contribution is 2.42. The van der Waals surface area contributed by atoms with Crippen LogP contribution in [-0.2, 0) is 13.0 Å². The molecule has 2 aliphatic rings. The highest BCUT2D eigenvalue weighted by Gasteiger charge is 2.33. The summed E-state index contributed by atoms with van der Waals surface area (Å²) in [7, 11) is 2.03. The van der Waals surface area contributed by atoms with E-state index in [0.29, 0.717) is 5.92 Å². The first-order valence-corrected chi connectivity index (χ1v) is 6.56. The number of hydrogen-bond donors (Lipinski definition) is 1. The first-order valence-electron chi connectivity index (χ1n) is 6.19. The van der Waals surface area contributed by atoms with Gasteiger partial charge in [0.05, 0.1) is 5.69 Å². The van der Waals surface area contributed by atoms with Crippen LogP contribution in [0.4, 0.5) is 0 Å². The number of rotatable bonds is 3. The van der Waals surface area contributed by atoms with Crippen LogP contribution in [0.5, 0.6) is 0 Å². The van der Waals surface area contributed by atoms with E-state index in [1.54, 1.807) is 0 Å². The lowest BCUT2D eigenvalue weighted by molar-refractivity contribution is 0.354. The zero-order valence-electron chi connectivity index (χ0n) is 9.67. The van der Waals surface area contributed by atoms with Crippen LogP contribution in [-0.4, -0.2) is 23.1 Å². The summed E-state index contributed by atoms with van der Waals surface area (Å²) in [6.07, 6.45) is 4.91. The molecule has 0 spiro atoms. The van der Waals surface area contributed by atoms with Crippen LogP contribution in [0.2, 0.25) is 5.15 Å². The highest BCUT2D eigenvalue weighted by molar-refractivity contribution is 6.30. The van der Waals surface area contributed by atoms with Crippen molar-refractivity contribution < 1.29 is 0 Å². The molecule has 3 rings (SSSR count). The van der Waals surface area contributed by atoms with Crippen LogP contribution in [0.15, 0.2) is 0 Å². The molecule has 0 bridgehead atoms. The van der Waals surface area contributed by atoms with Gasteiger partial charge in [0.25, 0.3) is 0 Å². The molecule has 1 saturated carbocycles. The molecule has 0 radical (unpaired) electrons. The van der Waals surface area contributed by atoms with E-state index in [9.17, 15) is 0 Å². The second-order valence-corrected chi connectivity index (χ2v) is 5.41. The van der Waals surface area contributed by atoms with Gasteiger partial charge >= 0.3 is 0 Å². The van der Waals surface area contributed by atoms with Gasteiger partial charge in [0, 0.05) is 12.5 Å². The summed E-state index contributed by atoms with van der Waals surface area (Å²) in [5.74, 6) is 2.68. The second-order valence-electron chi connectivity index (χ2n) is 5.05. The number of nitrogens with zero attached hydrogens (tertiary/aromatic N) is 2. The van der Waals surface area contributed by atoms with Crippen molar-refractivity contribution in [2.45, 2.75) is 38.1 Å². The molecule has 1 aliphatic carbocycles. The summed E-state index contributed by atoms with van der Waals surface area (Å²) in [6, 6.07) is 0. The Hall–Kier alpha value is -0.540. The molecule has 0 saturated heterocycles. The molecule has 1 aromatic rings. The number of nitrogens with one attached hydrogen (secondary N) is 1. The van der Waals surface area contributed by atoms with Crippen molar-refractivity contribution >= 4 is 11.6 Å². The Morgan fingerprint density at radius 3 is 2.94 bits per heavy atom. The summed E-state index contributed by atoms with van der Waals surface area (Å²) in [5.41, 5.74) is 1.27. The molecule has 16 heavy (non-hydrogen) atoms. The SMILES string of the molecule is CNCC1CCc2c(Cl)nc(C3CC3)n2C1. The van der Waals surface area contributed by atoms with E-state index in [4.69, 9.17) is 11.6 Å². The van der Waals surface area contributed by atoms with Gasteiger partial charge in [0.1, 0.15) is 5.82 Å². The minimum absolute atomic E-state index is 0.694. The van der Waals surface area contributed by atoms with Crippen molar-refractivity contribution in [1.29, 1.82) is 0 Å². The molecule has 3 nitrogen and oxygen atoms in total. The maximum Gasteiger partial charge on any atom is 0.150 e. The third-order valence-electron chi connectivity index (χ3n) is 3.72. The predicted molar refractivity (Wildman–Crippen MR) is 64.9 cm³/mol. The highest BCUT2D eigenvalue weighted by atomic mass is 35.5. The third-order valence-corrected chi connectivity index (χ3v) is 4.02. The summed E-state index contributed by atoms with van der Waals surface area (Å²) in [4.78, 5) is 4.56. The van der Waals surface area contributed by atoms with E-state index in [-0.39, 0.29) is 0 Å². The average molecular weight is 240 g/mol. The lowest BCUT2D eigenvalue weighted by Gasteiger charge is -2.25. The molecule has 1 fully saturated rings. The Morgan fingerprint density at radius 2 is 2.25 bits per heavy atom. The molecule has 0 amide bonds. The number of fused-ring (bicyclic) bond motifs is 1. The smallest absolute Gasteiger partial charge is 0.150 e. The normalized spacial score (nSPS) is 24.5. The van der Waals surface area contributed by atoms with E-state index < -0.39 is 0 Å². The maximum absolute atomic E-state index is 6.21. The average Bonchev–Trinajstić information content (AvgIpc) is 3.06. The topological polar surface area (TPSA) is 29.9 Å². The fourth-order valence-electron chi connectivity index (χ4n) is 2.72. The largest absolute Gasteiger partial charge is 0.330 e. The van der Waals surface area contributed by atoms with E-state index in [2.05, 4.69) is 14.9 Å². The van der Waals surface area contributed by atoms with Crippen LogP contribution in [0.25, 0.3) is 0 Å². The van der Waals surface area contributed by atoms with E-state index in [0.717, 1.165) is 30.6 Å². The van der Waals surface area contributed by atoms with E-state index >= 15 is 0 Å². The molecule has 1 N–H and O–H groups in total. The van der Waals surface area contributed by atoms with Crippen molar-refractivity contribution in [1.82, 2.24) is 14.9 Å². The molecule has 1 atom stereocenters. The van der Waals surface area contributed by atoms with Crippen LogP contribution in [0.1, 0.15) is 36.7 Å². The Kier molecular flexibility index (Phi) is 2.68. The first-order chi connectivity index (χ1) is 7.79. The lowest BCUT2D eigenvalue weighted by atomic mass is 9.98. The summed E-state index contributed by atoms with van der Waals surface area (Å²) in [6.45, 7) is 2.20.